The van der Waals surface area contributed by atoms with E-state index in [2.05, 4.69) is 54.5 Å². The van der Waals surface area contributed by atoms with Gasteiger partial charge < -0.3 is 9.84 Å². The van der Waals surface area contributed by atoms with Crippen LogP contribution in [0.15, 0.2) is 35.9 Å². The van der Waals surface area contributed by atoms with Gasteiger partial charge in [0, 0.05) is 11.8 Å². The molecular weight excluding hydrogens is 551 g/mol. The van der Waals surface area contributed by atoms with Gasteiger partial charge in [0.05, 0.1) is 5.41 Å². The maximum absolute atomic E-state index is 13.3. The number of carboxylic acids is 1. The van der Waals surface area contributed by atoms with Gasteiger partial charge in [0.2, 0.25) is 0 Å². The van der Waals surface area contributed by atoms with Crippen LogP contribution in [0.1, 0.15) is 118 Å². The number of carbonyl (C=O) groups excluding carboxylic acids is 1. The van der Waals surface area contributed by atoms with E-state index in [-0.39, 0.29) is 45.5 Å². The molecule has 0 bridgehead atoms. The third-order valence-corrected chi connectivity index (χ3v) is 15.2. The molecule has 0 aromatic heterocycles. The first-order valence-electron chi connectivity index (χ1n) is 17.5. The van der Waals surface area contributed by atoms with E-state index in [9.17, 15) is 19.1 Å². The molecule has 6 rings (SSSR count). The van der Waals surface area contributed by atoms with Crippen LogP contribution in [-0.2, 0) is 20.7 Å². The average Bonchev–Trinajstić information content (AvgIpc) is 2.96. The molecule has 1 aromatic rings. The van der Waals surface area contributed by atoms with E-state index in [0.717, 1.165) is 63.4 Å². The number of esters is 1. The van der Waals surface area contributed by atoms with E-state index in [1.165, 1.54) is 17.7 Å². The van der Waals surface area contributed by atoms with Crippen LogP contribution in [0.25, 0.3) is 0 Å². The lowest BCUT2D eigenvalue weighted by Crippen LogP contribution is -2.65. The molecule has 0 radical (unpaired) electrons. The zero-order chi connectivity index (χ0) is 31.9. The molecule has 5 aliphatic carbocycles. The number of carboxylic acid groups (broad SMARTS) is 1. The van der Waals surface area contributed by atoms with Gasteiger partial charge in [-0.15, -0.1) is 0 Å². The van der Waals surface area contributed by atoms with Gasteiger partial charge in [-0.25, -0.2) is 4.39 Å². The minimum absolute atomic E-state index is 0.00659. The lowest BCUT2D eigenvalue weighted by atomic mass is 9.33. The van der Waals surface area contributed by atoms with Crippen molar-refractivity contribution in [2.24, 2.45) is 56.7 Å². The van der Waals surface area contributed by atoms with E-state index in [1.807, 2.05) is 0 Å². The molecule has 1 unspecified atom stereocenters. The van der Waals surface area contributed by atoms with Crippen LogP contribution in [0.5, 0.6) is 0 Å². The fraction of sp³-hybridized carbons (Fsp3) is 0.744. The van der Waals surface area contributed by atoms with Gasteiger partial charge in [-0.05, 0) is 128 Å². The average molecular weight is 607 g/mol. The molecule has 0 saturated heterocycles. The molecule has 1 N–H and O–H groups in total. The molecule has 4 nitrogen and oxygen atoms in total. The third-order valence-electron chi connectivity index (χ3n) is 15.2. The van der Waals surface area contributed by atoms with Crippen molar-refractivity contribution < 1.29 is 23.8 Å². The lowest BCUT2D eigenvalue weighted by molar-refractivity contribution is -0.214. The highest BCUT2D eigenvalue weighted by atomic mass is 19.1. The van der Waals surface area contributed by atoms with Crippen LogP contribution in [-0.4, -0.2) is 23.1 Å². The Labute approximate surface area is 264 Å². The lowest BCUT2D eigenvalue weighted by Gasteiger charge is -2.71. The second-order valence-corrected chi connectivity index (χ2v) is 17.1. The highest BCUT2D eigenvalue weighted by Crippen LogP contribution is 2.75. The zero-order valence-corrected chi connectivity index (χ0v) is 28.2. The summed E-state index contributed by atoms with van der Waals surface area (Å²) < 4.78 is 19.5. The molecule has 242 valence electrons. The smallest absolute Gasteiger partial charge is 0.310 e. The Kier molecular flexibility index (Phi) is 7.73. The zero-order valence-electron chi connectivity index (χ0n) is 28.2. The summed E-state index contributed by atoms with van der Waals surface area (Å²) in [4.78, 5) is 26.0. The van der Waals surface area contributed by atoms with Crippen molar-refractivity contribution in [1.29, 1.82) is 0 Å². The summed E-state index contributed by atoms with van der Waals surface area (Å²) in [6.07, 6.45) is 12.1. The maximum atomic E-state index is 13.3. The van der Waals surface area contributed by atoms with Crippen LogP contribution in [0.3, 0.4) is 0 Å². The molecule has 4 saturated carbocycles. The van der Waals surface area contributed by atoms with Gasteiger partial charge in [-0.2, -0.15) is 0 Å². The largest absolute Gasteiger partial charge is 0.481 e. The number of carbonyl (C=O) groups is 2. The Bertz CT molecular complexity index is 1330. The Morgan fingerprint density at radius 1 is 0.909 bits per heavy atom. The highest BCUT2D eigenvalue weighted by Gasteiger charge is 2.69. The van der Waals surface area contributed by atoms with E-state index in [1.54, 1.807) is 12.1 Å². The predicted octanol–water partition coefficient (Wildman–Crippen LogP) is 9.41. The third kappa shape index (κ3) is 4.48. The Balaban J connectivity index is 1.24. The van der Waals surface area contributed by atoms with Crippen molar-refractivity contribution in [3.63, 3.8) is 0 Å². The second kappa shape index (κ2) is 10.7. The predicted molar refractivity (Wildman–Crippen MR) is 171 cm³/mol. The molecule has 4 fully saturated rings. The Hall–Kier alpha value is -2.17. The van der Waals surface area contributed by atoms with Gasteiger partial charge in [-0.1, -0.05) is 72.2 Å². The van der Waals surface area contributed by atoms with Crippen molar-refractivity contribution in [2.75, 3.05) is 0 Å². The van der Waals surface area contributed by atoms with Crippen LogP contribution >= 0.6 is 0 Å². The van der Waals surface area contributed by atoms with Crippen molar-refractivity contribution >= 4 is 11.9 Å². The minimum Gasteiger partial charge on any atom is -0.481 e. The number of aryl methyl sites for hydroxylation is 1. The summed E-state index contributed by atoms with van der Waals surface area (Å²) in [6.45, 7) is 16.9. The number of benzene rings is 1. The maximum Gasteiger partial charge on any atom is 0.310 e. The van der Waals surface area contributed by atoms with Gasteiger partial charge in [-0.3, -0.25) is 9.59 Å². The fourth-order valence-electron chi connectivity index (χ4n) is 12.2. The number of rotatable bonds is 5. The molecule has 10 atom stereocenters. The summed E-state index contributed by atoms with van der Waals surface area (Å²) in [7, 11) is 0. The monoisotopic (exact) mass is 606 g/mol. The van der Waals surface area contributed by atoms with Gasteiger partial charge in [0.15, 0.2) is 0 Å². The van der Waals surface area contributed by atoms with E-state index in [4.69, 9.17) is 4.74 Å². The topological polar surface area (TPSA) is 63.6 Å². The summed E-state index contributed by atoms with van der Waals surface area (Å²) in [5, 5.41) is 10.7. The number of fused-ring (bicyclic) bond motifs is 7. The number of hydrogen-bond acceptors (Lipinski definition) is 3. The molecule has 0 aliphatic heterocycles. The van der Waals surface area contributed by atoms with Crippen molar-refractivity contribution in [3.05, 3.63) is 47.3 Å². The molecule has 5 heteroatoms. The van der Waals surface area contributed by atoms with Gasteiger partial charge in [0.25, 0.3) is 0 Å². The quantitative estimate of drug-likeness (QED) is 0.268. The normalized spacial score (nSPS) is 44.2. The van der Waals surface area contributed by atoms with E-state index in [0.29, 0.717) is 36.5 Å². The number of allylic oxidation sites excluding steroid dienone is 2. The highest BCUT2D eigenvalue weighted by molar-refractivity contribution is 5.76. The van der Waals surface area contributed by atoms with Crippen LogP contribution in [0, 0.1) is 62.5 Å². The molecule has 0 heterocycles. The SMILES string of the molecule is C[C@H]1[C@H](C)CC[C@]2(C(=O)O)CC[C@]3(C)C(=CC[C@@H]4[C@@]5(C)CC[C@H](OC(=O)CCc6ccc(F)cc6)C(C)(C)C5CC[C@]43C)[C@H]12. The van der Waals surface area contributed by atoms with Crippen molar-refractivity contribution in [3.8, 4) is 0 Å². The summed E-state index contributed by atoms with van der Waals surface area (Å²) >= 11 is 0. The number of halogens is 1. The van der Waals surface area contributed by atoms with Crippen LogP contribution in [0.2, 0.25) is 0 Å². The van der Waals surface area contributed by atoms with Crippen molar-refractivity contribution in [2.45, 2.75) is 125 Å². The van der Waals surface area contributed by atoms with Crippen LogP contribution in [0.4, 0.5) is 4.39 Å². The van der Waals surface area contributed by atoms with E-state index >= 15 is 0 Å². The van der Waals surface area contributed by atoms with Gasteiger partial charge >= 0.3 is 11.9 Å². The van der Waals surface area contributed by atoms with E-state index < -0.39 is 11.4 Å². The minimum atomic E-state index is -0.609. The standard InChI is InChI=1S/C39H55FO4/c1-24-16-21-39(34(42)43)23-22-37(6)28(33(39)25(24)2)13-14-30-36(5)19-18-31(35(3,4)29(36)17-20-38(30,37)7)44-32(41)15-10-26-8-11-27(40)12-9-26/h8-9,11-13,24-25,29-31,33H,10,14-23H2,1-7H3,(H,42,43)/t24-,25+,29?,30-,31+,33+,36+,37-,38-,39+/m1/s1. The summed E-state index contributed by atoms with van der Waals surface area (Å²) in [6, 6.07) is 6.37. The Morgan fingerprint density at radius 3 is 2.30 bits per heavy atom. The molecule has 0 amide bonds. The molecule has 1 aromatic carbocycles. The first-order chi connectivity index (χ1) is 20.6. The summed E-state index contributed by atoms with van der Waals surface area (Å²) in [5.74, 6) is 1.03. The van der Waals surface area contributed by atoms with Gasteiger partial charge in [0.1, 0.15) is 11.9 Å². The molecular formula is C39H55FO4. The second-order valence-electron chi connectivity index (χ2n) is 17.1. The van der Waals surface area contributed by atoms with Crippen LogP contribution < -0.4 is 0 Å². The first kappa shape index (κ1) is 31.8. The molecule has 5 aliphatic rings. The fourth-order valence-corrected chi connectivity index (χ4v) is 12.2. The number of aliphatic carboxylic acids is 1. The Morgan fingerprint density at radius 2 is 1.61 bits per heavy atom. The molecule has 44 heavy (non-hydrogen) atoms. The number of ether oxygens (including phenoxy) is 1. The first-order valence-corrected chi connectivity index (χ1v) is 17.5. The number of hydrogen-bond donors (Lipinski definition) is 1. The summed E-state index contributed by atoms with van der Waals surface area (Å²) in [5.41, 5.74) is 1.93. The molecule has 0 spiro atoms. The van der Waals surface area contributed by atoms with Crippen molar-refractivity contribution in [1.82, 2.24) is 0 Å².